The quantitative estimate of drug-likeness (QED) is 0.831. The lowest BCUT2D eigenvalue weighted by Crippen LogP contribution is -2.48. The highest BCUT2D eigenvalue weighted by Crippen LogP contribution is 2.22. The molecule has 0 aliphatic carbocycles. The van der Waals surface area contributed by atoms with Gasteiger partial charge >= 0.3 is 0 Å². The lowest BCUT2D eigenvalue weighted by Gasteiger charge is -2.35. The molecular formula is C18H27N5O2. The van der Waals surface area contributed by atoms with Crippen molar-refractivity contribution in [3.05, 3.63) is 18.0 Å². The standard InChI is InChI=1S/C18H27N5O2/c1-3-16-6-4-5-7-23(16)17(25)15-12-19-18(20-13-15)22-10-8-21(9-11-22)14(2)24/h12-13,16H,3-11H2,1-2H3. The first-order chi connectivity index (χ1) is 12.1. The molecule has 25 heavy (non-hydrogen) atoms. The Bertz CT molecular complexity index is 610. The summed E-state index contributed by atoms with van der Waals surface area (Å²) in [6.45, 7) is 7.36. The number of hydrogen-bond donors (Lipinski definition) is 0. The van der Waals surface area contributed by atoms with Crippen LogP contribution in [-0.2, 0) is 4.79 Å². The number of piperazine rings is 1. The maximum atomic E-state index is 12.8. The van der Waals surface area contributed by atoms with Crippen LogP contribution in [0.15, 0.2) is 12.4 Å². The topological polar surface area (TPSA) is 69.6 Å². The molecule has 0 aromatic carbocycles. The van der Waals surface area contributed by atoms with Gasteiger partial charge in [-0.1, -0.05) is 6.92 Å². The average molecular weight is 345 g/mol. The van der Waals surface area contributed by atoms with Gasteiger partial charge in [-0.25, -0.2) is 9.97 Å². The Kier molecular flexibility index (Phi) is 5.50. The number of nitrogens with zero attached hydrogens (tertiary/aromatic N) is 5. The van der Waals surface area contributed by atoms with Crippen molar-refractivity contribution in [1.82, 2.24) is 19.8 Å². The maximum Gasteiger partial charge on any atom is 0.257 e. The van der Waals surface area contributed by atoms with E-state index in [1.165, 1.54) is 6.42 Å². The van der Waals surface area contributed by atoms with Gasteiger partial charge in [-0.2, -0.15) is 0 Å². The summed E-state index contributed by atoms with van der Waals surface area (Å²) in [5.74, 6) is 0.776. The Balaban J connectivity index is 1.64. The molecule has 0 N–H and O–H groups in total. The fraction of sp³-hybridized carbons (Fsp3) is 0.667. The number of anilines is 1. The molecule has 2 aliphatic heterocycles. The van der Waals surface area contributed by atoms with Gasteiger partial charge in [-0.05, 0) is 25.7 Å². The third-order valence-corrected chi connectivity index (χ3v) is 5.25. The zero-order valence-electron chi connectivity index (χ0n) is 15.1. The van der Waals surface area contributed by atoms with Crippen molar-refractivity contribution >= 4 is 17.8 Å². The van der Waals surface area contributed by atoms with E-state index in [0.29, 0.717) is 30.6 Å². The molecule has 2 fully saturated rings. The van der Waals surface area contributed by atoms with Gasteiger partial charge < -0.3 is 14.7 Å². The molecule has 7 nitrogen and oxygen atoms in total. The minimum atomic E-state index is 0.0412. The predicted octanol–water partition coefficient (Wildman–Crippen LogP) is 1.55. The van der Waals surface area contributed by atoms with Gasteiger partial charge in [0.25, 0.3) is 5.91 Å². The van der Waals surface area contributed by atoms with Crippen molar-refractivity contribution in [2.75, 3.05) is 37.6 Å². The van der Waals surface area contributed by atoms with Crippen molar-refractivity contribution in [1.29, 1.82) is 0 Å². The van der Waals surface area contributed by atoms with Crippen LogP contribution < -0.4 is 4.90 Å². The van der Waals surface area contributed by atoms with Crippen LogP contribution >= 0.6 is 0 Å². The number of carbonyl (C=O) groups is 2. The first kappa shape index (κ1) is 17.6. The number of amides is 2. The van der Waals surface area contributed by atoms with Gasteiger partial charge in [0.05, 0.1) is 5.56 Å². The Morgan fingerprint density at radius 2 is 1.76 bits per heavy atom. The Morgan fingerprint density at radius 1 is 1.08 bits per heavy atom. The number of carbonyl (C=O) groups excluding carboxylic acids is 2. The summed E-state index contributed by atoms with van der Waals surface area (Å²) in [5, 5.41) is 0. The number of likely N-dealkylation sites (tertiary alicyclic amines) is 1. The largest absolute Gasteiger partial charge is 0.339 e. The van der Waals surface area contributed by atoms with Gasteiger partial charge in [-0.15, -0.1) is 0 Å². The molecule has 1 unspecified atom stereocenters. The van der Waals surface area contributed by atoms with E-state index < -0.39 is 0 Å². The molecular weight excluding hydrogens is 318 g/mol. The zero-order chi connectivity index (χ0) is 17.8. The molecule has 0 bridgehead atoms. The molecule has 136 valence electrons. The molecule has 0 saturated carbocycles. The second-order valence-corrected chi connectivity index (χ2v) is 6.82. The van der Waals surface area contributed by atoms with E-state index in [2.05, 4.69) is 21.8 Å². The first-order valence-electron chi connectivity index (χ1n) is 9.23. The van der Waals surface area contributed by atoms with E-state index in [0.717, 1.165) is 38.9 Å². The van der Waals surface area contributed by atoms with E-state index >= 15 is 0 Å². The minimum Gasteiger partial charge on any atom is -0.339 e. The Hall–Kier alpha value is -2.18. The van der Waals surface area contributed by atoms with Crippen LogP contribution in [0.1, 0.15) is 49.9 Å². The van der Waals surface area contributed by atoms with Gasteiger partial charge in [0.15, 0.2) is 0 Å². The zero-order valence-corrected chi connectivity index (χ0v) is 15.1. The van der Waals surface area contributed by atoms with Crippen molar-refractivity contribution < 1.29 is 9.59 Å². The van der Waals surface area contributed by atoms with Crippen LogP contribution in [0.2, 0.25) is 0 Å². The molecule has 0 spiro atoms. The smallest absolute Gasteiger partial charge is 0.257 e. The van der Waals surface area contributed by atoms with E-state index in [9.17, 15) is 9.59 Å². The molecule has 1 aromatic heterocycles. The van der Waals surface area contributed by atoms with E-state index in [1.54, 1.807) is 19.3 Å². The van der Waals surface area contributed by atoms with E-state index in [-0.39, 0.29) is 11.8 Å². The molecule has 2 aliphatic rings. The molecule has 3 heterocycles. The summed E-state index contributed by atoms with van der Waals surface area (Å²) >= 11 is 0. The minimum absolute atomic E-state index is 0.0412. The lowest BCUT2D eigenvalue weighted by atomic mass is 9.99. The average Bonchev–Trinajstić information content (AvgIpc) is 2.67. The molecule has 1 atom stereocenters. The van der Waals surface area contributed by atoms with E-state index in [4.69, 9.17) is 0 Å². The van der Waals surface area contributed by atoms with Gasteiger partial charge in [0.2, 0.25) is 11.9 Å². The third kappa shape index (κ3) is 3.91. The molecule has 7 heteroatoms. The maximum absolute atomic E-state index is 12.8. The van der Waals surface area contributed by atoms with Crippen LogP contribution in [0, 0.1) is 0 Å². The molecule has 1 aromatic rings. The molecule has 3 rings (SSSR count). The highest BCUT2D eigenvalue weighted by Gasteiger charge is 2.27. The lowest BCUT2D eigenvalue weighted by molar-refractivity contribution is -0.129. The summed E-state index contributed by atoms with van der Waals surface area (Å²) < 4.78 is 0. The molecule has 2 amide bonds. The summed E-state index contributed by atoms with van der Waals surface area (Å²) in [6, 6.07) is 0.334. The van der Waals surface area contributed by atoms with Crippen LogP contribution in [0.3, 0.4) is 0 Å². The number of piperidine rings is 1. The Labute approximate surface area is 149 Å². The van der Waals surface area contributed by atoms with Crippen LogP contribution in [-0.4, -0.2) is 70.3 Å². The second-order valence-electron chi connectivity index (χ2n) is 6.82. The molecule has 2 saturated heterocycles. The first-order valence-corrected chi connectivity index (χ1v) is 9.23. The van der Waals surface area contributed by atoms with Crippen molar-refractivity contribution in [3.8, 4) is 0 Å². The summed E-state index contributed by atoms with van der Waals surface area (Å²) in [7, 11) is 0. The van der Waals surface area contributed by atoms with Crippen LogP contribution in [0.4, 0.5) is 5.95 Å². The number of hydrogen-bond acceptors (Lipinski definition) is 5. The van der Waals surface area contributed by atoms with Crippen LogP contribution in [0.25, 0.3) is 0 Å². The highest BCUT2D eigenvalue weighted by molar-refractivity contribution is 5.94. The Morgan fingerprint density at radius 3 is 2.36 bits per heavy atom. The van der Waals surface area contributed by atoms with Crippen molar-refractivity contribution in [3.63, 3.8) is 0 Å². The molecule has 0 radical (unpaired) electrons. The summed E-state index contributed by atoms with van der Waals surface area (Å²) in [5.41, 5.74) is 0.562. The number of aromatic nitrogens is 2. The fourth-order valence-corrected chi connectivity index (χ4v) is 3.67. The monoisotopic (exact) mass is 345 g/mol. The highest BCUT2D eigenvalue weighted by atomic mass is 16.2. The van der Waals surface area contributed by atoms with Crippen molar-refractivity contribution in [2.24, 2.45) is 0 Å². The SMILES string of the molecule is CCC1CCCCN1C(=O)c1cnc(N2CCN(C(C)=O)CC2)nc1. The van der Waals surface area contributed by atoms with Crippen molar-refractivity contribution in [2.45, 2.75) is 45.6 Å². The summed E-state index contributed by atoms with van der Waals surface area (Å²) in [4.78, 5) is 38.8. The van der Waals surface area contributed by atoms with Gasteiger partial charge in [-0.3, -0.25) is 9.59 Å². The number of rotatable bonds is 3. The summed E-state index contributed by atoms with van der Waals surface area (Å²) in [6.07, 6.45) is 7.63. The third-order valence-electron chi connectivity index (χ3n) is 5.25. The van der Waals surface area contributed by atoms with Crippen LogP contribution in [0.5, 0.6) is 0 Å². The van der Waals surface area contributed by atoms with E-state index in [1.807, 2.05) is 9.80 Å². The van der Waals surface area contributed by atoms with Gasteiger partial charge in [0.1, 0.15) is 0 Å². The normalized spacial score (nSPS) is 21.4. The predicted molar refractivity (Wildman–Crippen MR) is 95.5 cm³/mol. The second kappa shape index (κ2) is 7.80. The fourth-order valence-electron chi connectivity index (χ4n) is 3.67. The van der Waals surface area contributed by atoms with Gasteiger partial charge in [0, 0.05) is 58.1 Å².